The smallest absolute Gasteiger partial charge is 0.317 e. The predicted octanol–water partition coefficient (Wildman–Crippen LogP) is 3.02. The van der Waals surface area contributed by atoms with Crippen molar-refractivity contribution < 1.29 is 24.1 Å². The van der Waals surface area contributed by atoms with Crippen molar-refractivity contribution in [3.8, 4) is 11.5 Å². The Kier molecular flexibility index (Phi) is 6.81. The molecule has 5 nitrogen and oxygen atoms in total. The number of carboxylic acids is 1. The van der Waals surface area contributed by atoms with Gasteiger partial charge in [-0.1, -0.05) is 22.0 Å². The van der Waals surface area contributed by atoms with E-state index in [9.17, 15) is 4.79 Å². The summed E-state index contributed by atoms with van der Waals surface area (Å²) < 4.78 is 16.3. The Balaban J connectivity index is 3.15. The summed E-state index contributed by atoms with van der Waals surface area (Å²) in [6.45, 7) is 2.32. The van der Waals surface area contributed by atoms with Gasteiger partial charge in [-0.25, -0.2) is 0 Å². The molecular formula is C14H19BrO5. The van der Waals surface area contributed by atoms with Crippen molar-refractivity contribution >= 4 is 21.9 Å². The molecule has 1 rings (SSSR count). The highest BCUT2D eigenvalue weighted by atomic mass is 79.9. The number of carbonyl (C=O) groups is 1. The van der Waals surface area contributed by atoms with Crippen LogP contribution in [0.25, 0.3) is 0 Å². The molecule has 0 aliphatic rings. The van der Waals surface area contributed by atoms with Gasteiger partial charge in [0.05, 0.1) is 25.9 Å². The summed E-state index contributed by atoms with van der Waals surface area (Å²) in [6, 6.07) is 5.41. The highest BCUT2D eigenvalue weighted by Crippen LogP contribution is 2.39. The Hall–Kier alpha value is -1.27. The SMILES string of the molecule is CCOC(CC(Br)C(=O)O)c1c(OC)cccc1OC. The Morgan fingerprint density at radius 3 is 2.25 bits per heavy atom. The van der Waals surface area contributed by atoms with Crippen molar-refractivity contribution in [3.63, 3.8) is 0 Å². The van der Waals surface area contributed by atoms with Crippen LogP contribution in [0.3, 0.4) is 0 Å². The molecule has 0 aliphatic heterocycles. The van der Waals surface area contributed by atoms with Crippen molar-refractivity contribution in [2.45, 2.75) is 24.3 Å². The second-order valence-electron chi connectivity index (χ2n) is 4.06. The quantitative estimate of drug-likeness (QED) is 0.733. The van der Waals surface area contributed by atoms with Crippen LogP contribution < -0.4 is 9.47 Å². The fraction of sp³-hybridized carbons (Fsp3) is 0.500. The molecule has 6 heteroatoms. The lowest BCUT2D eigenvalue weighted by Gasteiger charge is -2.23. The van der Waals surface area contributed by atoms with Crippen LogP contribution >= 0.6 is 15.9 Å². The van der Waals surface area contributed by atoms with Crippen LogP contribution in [0.1, 0.15) is 25.0 Å². The monoisotopic (exact) mass is 346 g/mol. The molecule has 0 saturated heterocycles. The van der Waals surface area contributed by atoms with Crippen LogP contribution in [0.5, 0.6) is 11.5 Å². The second-order valence-corrected chi connectivity index (χ2v) is 5.17. The lowest BCUT2D eigenvalue weighted by Crippen LogP contribution is -2.19. The first-order valence-corrected chi connectivity index (χ1v) is 7.16. The lowest BCUT2D eigenvalue weighted by molar-refractivity contribution is -0.137. The normalized spacial score (nSPS) is 13.6. The predicted molar refractivity (Wildman–Crippen MR) is 78.9 cm³/mol. The molecule has 1 aromatic rings. The minimum absolute atomic E-state index is 0.278. The van der Waals surface area contributed by atoms with Gasteiger partial charge >= 0.3 is 5.97 Å². The molecule has 0 spiro atoms. The number of halogens is 1. The van der Waals surface area contributed by atoms with Gasteiger partial charge in [0.25, 0.3) is 0 Å². The molecule has 1 N–H and O–H groups in total. The Bertz CT molecular complexity index is 427. The van der Waals surface area contributed by atoms with Gasteiger partial charge in [-0.15, -0.1) is 0 Å². The summed E-state index contributed by atoms with van der Waals surface area (Å²) in [7, 11) is 3.12. The maximum absolute atomic E-state index is 11.0. The first kappa shape index (κ1) is 16.8. The molecule has 0 radical (unpaired) electrons. The third-order valence-electron chi connectivity index (χ3n) is 2.84. The van der Waals surface area contributed by atoms with E-state index in [1.54, 1.807) is 26.4 Å². The minimum atomic E-state index is -0.927. The Labute approximate surface area is 127 Å². The molecular weight excluding hydrogens is 328 g/mol. The van der Waals surface area contributed by atoms with E-state index in [2.05, 4.69) is 15.9 Å². The average molecular weight is 347 g/mol. The van der Waals surface area contributed by atoms with E-state index in [-0.39, 0.29) is 6.42 Å². The molecule has 2 atom stereocenters. The maximum Gasteiger partial charge on any atom is 0.317 e. The molecule has 20 heavy (non-hydrogen) atoms. The standard InChI is InChI=1S/C14H19BrO5/c1-4-20-12(8-9(15)14(16)17)13-10(18-2)6-5-7-11(13)19-3/h5-7,9,12H,4,8H2,1-3H3,(H,16,17). The molecule has 0 amide bonds. The van der Waals surface area contributed by atoms with Crippen LogP contribution in [0, 0.1) is 0 Å². The number of ether oxygens (including phenoxy) is 3. The highest BCUT2D eigenvalue weighted by molar-refractivity contribution is 9.10. The summed E-state index contributed by atoms with van der Waals surface area (Å²) in [4.78, 5) is 10.3. The Morgan fingerprint density at radius 2 is 1.85 bits per heavy atom. The molecule has 0 fully saturated rings. The van der Waals surface area contributed by atoms with E-state index in [4.69, 9.17) is 19.3 Å². The molecule has 0 aliphatic carbocycles. The van der Waals surface area contributed by atoms with Gasteiger partial charge in [-0.3, -0.25) is 4.79 Å². The number of hydrogen-bond acceptors (Lipinski definition) is 4. The Morgan fingerprint density at radius 1 is 1.30 bits per heavy atom. The molecule has 0 saturated carbocycles. The van der Waals surface area contributed by atoms with Gasteiger partial charge in [0.1, 0.15) is 16.3 Å². The van der Waals surface area contributed by atoms with Crippen LogP contribution in [0.4, 0.5) is 0 Å². The number of alkyl halides is 1. The largest absolute Gasteiger partial charge is 0.496 e. The van der Waals surface area contributed by atoms with Crippen LogP contribution in [0.2, 0.25) is 0 Å². The van der Waals surface area contributed by atoms with Gasteiger partial charge in [-0.05, 0) is 19.1 Å². The van der Waals surface area contributed by atoms with Gasteiger partial charge in [-0.2, -0.15) is 0 Å². The first-order valence-electron chi connectivity index (χ1n) is 6.24. The van der Waals surface area contributed by atoms with E-state index < -0.39 is 16.9 Å². The van der Waals surface area contributed by atoms with Gasteiger partial charge in [0, 0.05) is 13.0 Å². The van der Waals surface area contributed by atoms with Crippen LogP contribution in [0.15, 0.2) is 18.2 Å². The van der Waals surface area contributed by atoms with Crippen molar-refractivity contribution in [2.75, 3.05) is 20.8 Å². The van der Waals surface area contributed by atoms with Crippen molar-refractivity contribution in [1.82, 2.24) is 0 Å². The van der Waals surface area contributed by atoms with Crippen molar-refractivity contribution in [2.24, 2.45) is 0 Å². The molecule has 0 aromatic heterocycles. The van der Waals surface area contributed by atoms with Gasteiger partial charge in [0.2, 0.25) is 0 Å². The van der Waals surface area contributed by atoms with E-state index in [1.165, 1.54) is 0 Å². The van der Waals surface area contributed by atoms with Gasteiger partial charge < -0.3 is 19.3 Å². The van der Waals surface area contributed by atoms with Crippen molar-refractivity contribution in [3.05, 3.63) is 23.8 Å². The zero-order valence-electron chi connectivity index (χ0n) is 11.8. The third kappa shape index (κ3) is 4.11. The number of hydrogen-bond donors (Lipinski definition) is 1. The topological polar surface area (TPSA) is 65.0 Å². The zero-order chi connectivity index (χ0) is 15.1. The van der Waals surface area contributed by atoms with Crippen molar-refractivity contribution in [1.29, 1.82) is 0 Å². The van der Waals surface area contributed by atoms with E-state index in [0.29, 0.717) is 18.1 Å². The lowest BCUT2D eigenvalue weighted by atomic mass is 10.0. The molecule has 112 valence electrons. The molecule has 2 unspecified atom stereocenters. The van der Waals surface area contributed by atoms with Gasteiger partial charge in [0.15, 0.2) is 0 Å². The summed E-state index contributed by atoms with van der Waals surface area (Å²) in [5, 5.41) is 9.03. The van der Waals surface area contributed by atoms with E-state index in [0.717, 1.165) is 5.56 Å². The number of methoxy groups -OCH3 is 2. The summed E-state index contributed by atoms with van der Waals surface area (Å²) in [5.74, 6) is 0.310. The minimum Gasteiger partial charge on any atom is -0.496 e. The second kappa shape index (κ2) is 8.11. The molecule has 0 bridgehead atoms. The summed E-state index contributed by atoms with van der Waals surface area (Å²) in [6.07, 6.45) is -0.147. The van der Waals surface area contributed by atoms with E-state index >= 15 is 0 Å². The third-order valence-corrected chi connectivity index (χ3v) is 3.61. The highest BCUT2D eigenvalue weighted by Gasteiger charge is 2.26. The number of carboxylic acid groups (broad SMARTS) is 1. The number of aliphatic carboxylic acids is 1. The first-order chi connectivity index (χ1) is 9.54. The van der Waals surface area contributed by atoms with Crippen LogP contribution in [-0.4, -0.2) is 36.7 Å². The fourth-order valence-electron chi connectivity index (χ4n) is 1.96. The molecule has 0 heterocycles. The summed E-state index contributed by atoms with van der Waals surface area (Å²) >= 11 is 3.14. The average Bonchev–Trinajstić information content (AvgIpc) is 2.45. The zero-order valence-corrected chi connectivity index (χ0v) is 13.3. The van der Waals surface area contributed by atoms with E-state index in [1.807, 2.05) is 13.0 Å². The fourth-order valence-corrected chi connectivity index (χ4v) is 2.30. The summed E-state index contributed by atoms with van der Waals surface area (Å²) in [5.41, 5.74) is 0.727. The number of rotatable bonds is 8. The maximum atomic E-state index is 11.0. The number of benzene rings is 1. The molecule has 1 aromatic carbocycles. The van der Waals surface area contributed by atoms with Crippen LogP contribution in [-0.2, 0) is 9.53 Å².